The summed E-state index contributed by atoms with van der Waals surface area (Å²) in [5.74, 6) is -1.13. The summed E-state index contributed by atoms with van der Waals surface area (Å²) in [5.41, 5.74) is 4.65. The molecule has 0 heterocycles. The summed E-state index contributed by atoms with van der Waals surface area (Å²) in [6.45, 7) is 2.73. The first kappa shape index (κ1) is 24.3. The van der Waals surface area contributed by atoms with Crippen molar-refractivity contribution in [1.82, 2.24) is 10.6 Å². The Morgan fingerprint density at radius 1 is 0.970 bits per heavy atom. The first-order valence-electron chi connectivity index (χ1n) is 11.1. The van der Waals surface area contributed by atoms with Gasteiger partial charge in [0.1, 0.15) is 13.2 Å². The number of alkyl carbamates (subject to hydrolysis) is 1. The van der Waals surface area contributed by atoms with Crippen molar-refractivity contribution in [2.24, 2.45) is 5.92 Å². The fourth-order valence-electron chi connectivity index (χ4n) is 3.95. The number of hydrogen-bond donors (Lipinski definition) is 3. The predicted octanol–water partition coefficient (Wildman–Crippen LogP) is 3.16. The van der Waals surface area contributed by atoms with Crippen molar-refractivity contribution in [3.8, 4) is 11.1 Å². The van der Waals surface area contributed by atoms with Crippen molar-refractivity contribution in [1.29, 1.82) is 0 Å². The summed E-state index contributed by atoms with van der Waals surface area (Å²) in [6, 6.07) is 16.3. The maximum atomic E-state index is 12.1. The third-order valence-electron chi connectivity index (χ3n) is 5.57. The second-order valence-corrected chi connectivity index (χ2v) is 8.15. The zero-order valence-electron chi connectivity index (χ0n) is 18.7. The van der Waals surface area contributed by atoms with Gasteiger partial charge in [-0.15, -0.1) is 0 Å². The molecule has 1 aliphatic rings. The van der Waals surface area contributed by atoms with E-state index in [1.807, 2.05) is 31.2 Å². The SMILES string of the molecule is CC(CCNC(=O)COCCNC(=O)OCC1c2ccccc2-c2ccccc21)CC(=O)O. The maximum Gasteiger partial charge on any atom is 0.407 e. The van der Waals surface area contributed by atoms with Gasteiger partial charge >= 0.3 is 12.1 Å². The number of aliphatic carboxylic acids is 1. The number of carbonyl (C=O) groups excluding carboxylic acids is 2. The normalized spacial score (nSPS) is 13.0. The molecule has 0 radical (unpaired) electrons. The van der Waals surface area contributed by atoms with E-state index in [0.29, 0.717) is 13.0 Å². The van der Waals surface area contributed by atoms with Gasteiger partial charge in [0.05, 0.1) is 6.61 Å². The molecule has 0 spiro atoms. The van der Waals surface area contributed by atoms with Gasteiger partial charge in [-0.3, -0.25) is 9.59 Å². The molecular formula is C25H30N2O6. The van der Waals surface area contributed by atoms with Gasteiger partial charge in [0.15, 0.2) is 0 Å². The molecule has 0 saturated carbocycles. The zero-order chi connectivity index (χ0) is 23.6. The number of ether oxygens (including phenoxy) is 2. The van der Waals surface area contributed by atoms with Crippen LogP contribution in [0, 0.1) is 5.92 Å². The van der Waals surface area contributed by atoms with Gasteiger partial charge in [0, 0.05) is 25.4 Å². The minimum Gasteiger partial charge on any atom is -0.481 e. The van der Waals surface area contributed by atoms with Crippen LogP contribution in [0.15, 0.2) is 48.5 Å². The highest BCUT2D eigenvalue weighted by Crippen LogP contribution is 2.44. The van der Waals surface area contributed by atoms with Gasteiger partial charge in [0.2, 0.25) is 5.91 Å². The van der Waals surface area contributed by atoms with Crippen molar-refractivity contribution >= 4 is 18.0 Å². The van der Waals surface area contributed by atoms with Gasteiger partial charge in [0.25, 0.3) is 0 Å². The van der Waals surface area contributed by atoms with Crippen LogP contribution < -0.4 is 10.6 Å². The van der Waals surface area contributed by atoms with Gasteiger partial charge in [-0.25, -0.2) is 4.79 Å². The lowest BCUT2D eigenvalue weighted by Gasteiger charge is -2.14. The number of carboxylic acid groups (broad SMARTS) is 1. The Morgan fingerprint density at radius 3 is 2.24 bits per heavy atom. The van der Waals surface area contributed by atoms with E-state index in [1.54, 1.807) is 0 Å². The smallest absolute Gasteiger partial charge is 0.407 e. The van der Waals surface area contributed by atoms with Crippen LogP contribution in [0.2, 0.25) is 0 Å². The van der Waals surface area contributed by atoms with Crippen LogP contribution >= 0.6 is 0 Å². The summed E-state index contributed by atoms with van der Waals surface area (Å²) in [7, 11) is 0. The number of rotatable bonds is 12. The largest absolute Gasteiger partial charge is 0.481 e. The van der Waals surface area contributed by atoms with Crippen LogP contribution in [0.25, 0.3) is 11.1 Å². The van der Waals surface area contributed by atoms with Gasteiger partial charge in [-0.05, 0) is 34.6 Å². The summed E-state index contributed by atoms with van der Waals surface area (Å²) in [5, 5.41) is 14.0. The lowest BCUT2D eigenvalue weighted by Crippen LogP contribution is -2.32. The molecule has 1 atom stereocenters. The molecule has 0 saturated heterocycles. The Bertz CT molecular complexity index is 931. The molecule has 33 heavy (non-hydrogen) atoms. The van der Waals surface area contributed by atoms with E-state index in [-0.39, 0.29) is 50.5 Å². The average molecular weight is 455 g/mol. The third-order valence-corrected chi connectivity index (χ3v) is 5.57. The summed E-state index contributed by atoms with van der Waals surface area (Å²) in [4.78, 5) is 34.4. The predicted molar refractivity (Wildman–Crippen MR) is 123 cm³/mol. The molecule has 0 bridgehead atoms. The van der Waals surface area contributed by atoms with Gasteiger partial charge in [-0.1, -0.05) is 55.5 Å². The molecular weight excluding hydrogens is 424 g/mol. The monoisotopic (exact) mass is 454 g/mol. The van der Waals surface area contributed by atoms with Crippen molar-refractivity contribution in [2.45, 2.75) is 25.7 Å². The molecule has 2 aromatic rings. The molecule has 3 N–H and O–H groups in total. The number of benzene rings is 2. The minimum absolute atomic E-state index is 0.00122. The third kappa shape index (κ3) is 7.05. The van der Waals surface area contributed by atoms with Crippen molar-refractivity contribution in [3.05, 3.63) is 59.7 Å². The Morgan fingerprint density at radius 2 is 1.61 bits per heavy atom. The van der Waals surface area contributed by atoms with Crippen LogP contribution in [0.4, 0.5) is 4.79 Å². The molecule has 0 aliphatic heterocycles. The van der Waals surface area contributed by atoms with Gasteiger partial charge in [-0.2, -0.15) is 0 Å². The van der Waals surface area contributed by atoms with E-state index in [4.69, 9.17) is 14.6 Å². The van der Waals surface area contributed by atoms with E-state index in [1.165, 1.54) is 11.1 Å². The average Bonchev–Trinajstić information content (AvgIpc) is 3.11. The molecule has 2 aromatic carbocycles. The van der Waals surface area contributed by atoms with Gasteiger partial charge < -0.3 is 25.2 Å². The first-order chi connectivity index (χ1) is 16.0. The second-order valence-electron chi connectivity index (χ2n) is 8.15. The molecule has 8 nitrogen and oxygen atoms in total. The Hall–Kier alpha value is -3.39. The van der Waals surface area contributed by atoms with Crippen molar-refractivity contribution in [3.63, 3.8) is 0 Å². The topological polar surface area (TPSA) is 114 Å². The highest BCUT2D eigenvalue weighted by Gasteiger charge is 2.28. The Balaban J connectivity index is 1.30. The molecule has 0 fully saturated rings. The fourth-order valence-corrected chi connectivity index (χ4v) is 3.95. The van der Waals surface area contributed by atoms with Crippen LogP contribution in [0.5, 0.6) is 0 Å². The first-order valence-corrected chi connectivity index (χ1v) is 11.1. The number of carbonyl (C=O) groups is 3. The highest BCUT2D eigenvalue weighted by atomic mass is 16.5. The van der Waals surface area contributed by atoms with Crippen molar-refractivity contribution in [2.75, 3.05) is 32.9 Å². The lowest BCUT2D eigenvalue weighted by molar-refractivity contribution is -0.138. The number of hydrogen-bond acceptors (Lipinski definition) is 5. The standard InChI is InChI=1S/C25H30N2O6/c1-17(14-24(29)30)10-11-26-23(28)16-32-13-12-27-25(31)33-15-22-20-8-4-2-6-18(20)19-7-3-5-9-21(19)22/h2-9,17,22H,10-16H2,1H3,(H,26,28)(H,27,31)(H,29,30). The van der Waals surface area contributed by atoms with E-state index in [0.717, 1.165) is 11.1 Å². The minimum atomic E-state index is -0.846. The lowest BCUT2D eigenvalue weighted by atomic mass is 9.98. The second kappa shape index (κ2) is 12.0. The molecule has 8 heteroatoms. The summed E-state index contributed by atoms with van der Waals surface area (Å²) in [6.07, 6.45) is 0.132. The zero-order valence-corrected chi connectivity index (χ0v) is 18.7. The fraction of sp³-hybridized carbons (Fsp3) is 0.400. The van der Waals surface area contributed by atoms with Crippen LogP contribution in [0.3, 0.4) is 0 Å². The highest BCUT2D eigenvalue weighted by molar-refractivity contribution is 5.79. The van der Waals surface area contributed by atoms with E-state index in [2.05, 4.69) is 34.9 Å². The molecule has 176 valence electrons. The van der Waals surface area contributed by atoms with Crippen molar-refractivity contribution < 1.29 is 29.0 Å². The number of fused-ring (bicyclic) bond motifs is 3. The Labute approximate surface area is 193 Å². The number of carboxylic acids is 1. The molecule has 0 aromatic heterocycles. The van der Waals surface area contributed by atoms with Crippen LogP contribution in [-0.4, -0.2) is 56.0 Å². The molecule has 1 aliphatic carbocycles. The molecule has 3 rings (SSSR count). The summed E-state index contributed by atoms with van der Waals surface area (Å²) >= 11 is 0. The number of nitrogens with one attached hydrogen (secondary N) is 2. The maximum absolute atomic E-state index is 12.1. The quantitative estimate of drug-likeness (QED) is 0.425. The van der Waals surface area contributed by atoms with E-state index in [9.17, 15) is 14.4 Å². The molecule has 2 amide bonds. The number of amides is 2. The Kier molecular flexibility index (Phi) is 8.83. The van der Waals surface area contributed by atoms with E-state index >= 15 is 0 Å². The molecule has 1 unspecified atom stereocenters. The van der Waals surface area contributed by atoms with Crippen LogP contribution in [0.1, 0.15) is 36.8 Å². The van der Waals surface area contributed by atoms with Crippen LogP contribution in [-0.2, 0) is 19.1 Å². The van der Waals surface area contributed by atoms with E-state index < -0.39 is 12.1 Å². The summed E-state index contributed by atoms with van der Waals surface area (Å²) < 4.78 is 10.7.